The Kier molecular flexibility index (Phi) is 3.99. The van der Waals surface area contributed by atoms with Crippen molar-refractivity contribution < 1.29 is 13.2 Å². The Balaban J connectivity index is 1.72. The summed E-state index contributed by atoms with van der Waals surface area (Å²) in [6.07, 6.45) is 1.74. The van der Waals surface area contributed by atoms with E-state index in [1.165, 1.54) is 0 Å². The summed E-state index contributed by atoms with van der Waals surface area (Å²) < 4.78 is 18.1. The van der Waals surface area contributed by atoms with Gasteiger partial charge in [0, 0.05) is 0 Å². The topological polar surface area (TPSA) is 49.4 Å². The second-order valence-corrected chi connectivity index (χ2v) is 13.1. The predicted octanol–water partition coefficient (Wildman–Crippen LogP) is 4.53. The van der Waals surface area contributed by atoms with Crippen molar-refractivity contribution in [2.45, 2.75) is 52.1 Å². The van der Waals surface area contributed by atoms with Crippen molar-refractivity contribution in [3.8, 4) is 0 Å². The van der Waals surface area contributed by atoms with E-state index in [1.54, 1.807) is 0 Å². The molecular weight excluding hydrogens is 392 g/mol. The van der Waals surface area contributed by atoms with Crippen molar-refractivity contribution in [3.05, 3.63) is 71.8 Å². The molecule has 3 aliphatic heterocycles. The molecule has 0 fully saturated rings. The van der Waals surface area contributed by atoms with Crippen LogP contribution in [0.1, 0.15) is 51.7 Å². The molecule has 0 N–H and O–H groups in total. The molecule has 3 aliphatic rings. The first-order chi connectivity index (χ1) is 14.4. The minimum absolute atomic E-state index is 0.248. The van der Waals surface area contributed by atoms with Gasteiger partial charge in [-0.1, -0.05) is 0 Å². The van der Waals surface area contributed by atoms with Crippen LogP contribution < -0.4 is 0 Å². The first-order valence-corrected chi connectivity index (χ1v) is 13.1. The molecule has 0 saturated carbocycles. The number of hydrazone groups is 2. The zero-order valence-corrected chi connectivity index (χ0v) is 19.0. The molecule has 0 unspecified atom stereocenters. The van der Waals surface area contributed by atoms with Gasteiger partial charge in [0.15, 0.2) is 0 Å². The molecule has 0 radical (unpaired) electrons. The summed E-state index contributed by atoms with van der Waals surface area (Å²) >= 11 is 0. The molecular formula is C23H28N4O2Si. The van der Waals surface area contributed by atoms with Gasteiger partial charge in [-0.3, -0.25) is 0 Å². The first-order valence-electron chi connectivity index (χ1n) is 10.6. The monoisotopic (exact) mass is 420 g/mol. The average Bonchev–Trinajstić information content (AvgIpc) is 3.27. The predicted molar refractivity (Wildman–Crippen MR) is 120 cm³/mol. The minimum atomic E-state index is -3.98. The fraction of sp³-hybridized carbons (Fsp3) is 0.348. The Morgan fingerprint density at radius 3 is 2.13 bits per heavy atom. The van der Waals surface area contributed by atoms with E-state index in [0.29, 0.717) is 11.8 Å². The molecule has 0 amide bonds. The summed E-state index contributed by atoms with van der Waals surface area (Å²) in [6.45, 7) is 8.74. The molecule has 30 heavy (non-hydrogen) atoms. The Bertz CT molecular complexity index is 1090. The van der Waals surface area contributed by atoms with Gasteiger partial charge >= 0.3 is 178 Å². The Hall–Kier alpha value is -2.93. The van der Waals surface area contributed by atoms with E-state index < -0.39 is 8.16 Å². The molecule has 2 aromatic rings. The fourth-order valence-corrected chi connectivity index (χ4v) is 11.0. The Labute approximate surface area is 177 Å². The van der Waals surface area contributed by atoms with Gasteiger partial charge in [-0.15, -0.1) is 0 Å². The van der Waals surface area contributed by atoms with E-state index in [9.17, 15) is 0 Å². The van der Waals surface area contributed by atoms with E-state index in [-0.39, 0.29) is 5.54 Å². The van der Waals surface area contributed by atoms with E-state index in [0.717, 1.165) is 35.7 Å². The zero-order valence-electron chi connectivity index (χ0n) is 18.0. The summed E-state index contributed by atoms with van der Waals surface area (Å²) in [5.41, 5.74) is 2.82. The number of benzene rings is 2. The average molecular weight is 421 g/mol. The summed E-state index contributed by atoms with van der Waals surface area (Å²) in [6, 6.07) is 20.9. The second kappa shape index (κ2) is 6.28. The van der Waals surface area contributed by atoms with Crippen LogP contribution in [0.5, 0.6) is 0 Å². The van der Waals surface area contributed by atoms with Gasteiger partial charge in [0.25, 0.3) is 0 Å². The summed E-state index contributed by atoms with van der Waals surface area (Å²) in [7, 11) is -3.98. The van der Waals surface area contributed by atoms with Crippen molar-refractivity contribution in [2.24, 2.45) is 10.2 Å². The molecule has 0 saturated heterocycles. The van der Waals surface area contributed by atoms with E-state index in [4.69, 9.17) is 19.1 Å². The van der Waals surface area contributed by atoms with Crippen LogP contribution in [0.2, 0.25) is 6.04 Å². The summed E-state index contributed by atoms with van der Waals surface area (Å²) in [5.74, 6) is 1.23. The summed E-state index contributed by atoms with van der Waals surface area (Å²) in [4.78, 5) is 0. The molecule has 2 aromatic carbocycles. The first kappa shape index (κ1) is 19.1. The van der Waals surface area contributed by atoms with Crippen molar-refractivity contribution in [2.75, 3.05) is 0 Å². The van der Waals surface area contributed by atoms with Gasteiger partial charge in [-0.2, -0.15) is 0 Å². The molecule has 0 atom stereocenters. The Morgan fingerprint density at radius 2 is 1.53 bits per heavy atom. The Morgan fingerprint density at radius 1 is 0.967 bits per heavy atom. The molecule has 156 valence electrons. The van der Waals surface area contributed by atoms with Crippen LogP contribution in [0, 0.1) is 0 Å². The maximum atomic E-state index is 6.95. The van der Waals surface area contributed by atoms with Crippen molar-refractivity contribution >= 4 is 25.7 Å². The van der Waals surface area contributed by atoms with Crippen molar-refractivity contribution in [1.29, 1.82) is 0 Å². The van der Waals surface area contributed by atoms with Gasteiger partial charge in [-0.05, 0) is 0 Å². The molecule has 0 aliphatic carbocycles. The van der Waals surface area contributed by atoms with Crippen LogP contribution in [-0.2, 0) is 8.85 Å². The molecule has 1 spiro atoms. The molecule has 7 heteroatoms. The van der Waals surface area contributed by atoms with Crippen LogP contribution in [-0.4, -0.2) is 40.2 Å². The number of hydrogen-bond acceptors (Lipinski definition) is 5. The van der Waals surface area contributed by atoms with Crippen molar-refractivity contribution in [1.82, 2.24) is 4.67 Å². The van der Waals surface area contributed by atoms with Crippen LogP contribution in [0.3, 0.4) is 0 Å². The van der Waals surface area contributed by atoms with Gasteiger partial charge in [-0.25, -0.2) is 0 Å². The molecule has 0 bridgehead atoms. The molecule has 3 heterocycles. The van der Waals surface area contributed by atoms with E-state index in [2.05, 4.69) is 36.7 Å². The van der Waals surface area contributed by atoms with Crippen LogP contribution in [0.15, 0.2) is 70.9 Å². The van der Waals surface area contributed by atoms with E-state index in [1.807, 2.05) is 60.7 Å². The fourth-order valence-electron chi connectivity index (χ4n) is 5.20. The quantitative estimate of drug-likeness (QED) is 0.683. The third-order valence-corrected chi connectivity index (χ3v) is 11.6. The van der Waals surface area contributed by atoms with Gasteiger partial charge in [0.05, 0.1) is 0 Å². The third-order valence-electron chi connectivity index (χ3n) is 6.16. The van der Waals surface area contributed by atoms with Crippen molar-refractivity contribution in [3.63, 3.8) is 0 Å². The van der Waals surface area contributed by atoms with Gasteiger partial charge < -0.3 is 0 Å². The maximum absolute atomic E-state index is 6.95. The normalized spacial score (nSPS) is 23.9. The molecule has 5 rings (SSSR count). The summed E-state index contributed by atoms with van der Waals surface area (Å²) in [5, 5.41) is 10.1. The van der Waals surface area contributed by atoms with Gasteiger partial charge in [0.1, 0.15) is 0 Å². The number of rotatable bonds is 4. The number of hydrogen-bond donors (Lipinski definition) is 0. The van der Waals surface area contributed by atoms with Crippen LogP contribution in [0.4, 0.5) is 0 Å². The van der Waals surface area contributed by atoms with Gasteiger partial charge in [0.2, 0.25) is 0 Å². The standard InChI is InChI=1S/C23H28N4O2Si/c1-5-16-30-26(24-21(28-30)19-12-8-6-9-13-19)18(2)17-23(3,4)27(30)25-22(29-30)20-14-10-7-11-15-20/h6-15H,5,16-17H2,1-4H3. The zero-order chi connectivity index (χ0) is 21.0. The molecule has 0 aromatic heterocycles. The SMILES string of the molecule is CCC[Si-]123OC(c4ccccc4)=NN1C(C)(C)CC(C)=[N+]2N=C(c1ccccc1)O3. The molecule has 6 nitrogen and oxygen atoms in total. The van der Waals surface area contributed by atoms with Crippen LogP contribution >= 0.6 is 0 Å². The van der Waals surface area contributed by atoms with Crippen LogP contribution in [0.25, 0.3) is 0 Å². The number of nitrogens with zero attached hydrogens (tertiary/aromatic N) is 4. The third kappa shape index (κ3) is 2.44. The second-order valence-electron chi connectivity index (χ2n) is 9.00. The van der Waals surface area contributed by atoms with E-state index >= 15 is 0 Å².